The summed E-state index contributed by atoms with van der Waals surface area (Å²) in [5.74, 6) is -0.329. The fourth-order valence-electron chi connectivity index (χ4n) is 2.39. The fourth-order valence-corrected chi connectivity index (χ4v) is 2.39. The van der Waals surface area contributed by atoms with Crippen LogP contribution >= 0.6 is 0 Å². The molecule has 19 heavy (non-hydrogen) atoms. The van der Waals surface area contributed by atoms with Crippen LogP contribution in [0.1, 0.15) is 45.4 Å². The van der Waals surface area contributed by atoms with Crippen molar-refractivity contribution in [3.63, 3.8) is 0 Å². The van der Waals surface area contributed by atoms with Gasteiger partial charge in [0, 0.05) is 13.1 Å². The molecule has 0 spiro atoms. The normalized spacial score (nSPS) is 18.8. The van der Waals surface area contributed by atoms with Crippen LogP contribution in [-0.2, 0) is 14.3 Å². The number of carbonyl (C=O) groups excluding carboxylic acids is 1. The zero-order chi connectivity index (χ0) is 14.0. The zero-order valence-electron chi connectivity index (χ0n) is 12.0. The molecule has 0 atom stereocenters. The van der Waals surface area contributed by atoms with Crippen molar-refractivity contribution >= 4 is 5.97 Å². The van der Waals surface area contributed by atoms with Crippen LogP contribution in [0.4, 0.5) is 0 Å². The Hall–Kier alpha value is -0.650. The number of rotatable bonds is 8. The lowest BCUT2D eigenvalue weighted by atomic mass is 9.94. The van der Waals surface area contributed by atoms with Crippen LogP contribution in [0.15, 0.2) is 0 Å². The summed E-state index contributed by atoms with van der Waals surface area (Å²) in [6.45, 7) is 3.85. The van der Waals surface area contributed by atoms with E-state index in [1.807, 2.05) is 0 Å². The minimum Gasteiger partial charge on any atom is -0.464 e. The van der Waals surface area contributed by atoms with Gasteiger partial charge in [0.25, 0.3) is 0 Å². The minimum absolute atomic E-state index is 0.000210. The molecule has 0 aliphatic heterocycles. The molecule has 0 aromatic rings. The lowest BCUT2D eigenvalue weighted by Crippen LogP contribution is -2.41. The van der Waals surface area contributed by atoms with Crippen molar-refractivity contribution in [1.82, 2.24) is 5.32 Å². The van der Waals surface area contributed by atoms with Gasteiger partial charge in [-0.15, -0.1) is 0 Å². The van der Waals surface area contributed by atoms with Crippen LogP contribution in [0, 0.1) is 0 Å². The van der Waals surface area contributed by atoms with Crippen molar-refractivity contribution in [2.24, 2.45) is 0 Å². The molecule has 2 N–H and O–H groups in total. The lowest BCUT2D eigenvalue weighted by molar-refractivity contribution is -0.148. The Morgan fingerprint density at radius 1 is 1.26 bits per heavy atom. The summed E-state index contributed by atoms with van der Waals surface area (Å²) < 4.78 is 9.93. The van der Waals surface area contributed by atoms with Gasteiger partial charge in [-0.05, 0) is 19.8 Å². The molecule has 0 radical (unpaired) electrons. The lowest BCUT2D eigenvalue weighted by Gasteiger charge is -2.26. The standard InChI is InChI=1S/C14H27NO4/c1-2-19-13(16)11-18-10-9-15-12-14(17)7-5-3-4-6-8-14/h15,17H,2-12H2,1H3. The molecule has 0 amide bonds. The molecule has 1 aliphatic rings. The Morgan fingerprint density at radius 2 is 1.95 bits per heavy atom. The van der Waals surface area contributed by atoms with E-state index in [1.54, 1.807) is 6.92 Å². The third-order valence-electron chi connectivity index (χ3n) is 3.44. The first-order chi connectivity index (χ1) is 9.16. The van der Waals surface area contributed by atoms with Gasteiger partial charge in [-0.2, -0.15) is 0 Å². The van der Waals surface area contributed by atoms with E-state index in [4.69, 9.17) is 9.47 Å². The van der Waals surface area contributed by atoms with E-state index in [0.717, 1.165) is 25.7 Å². The third-order valence-corrected chi connectivity index (χ3v) is 3.44. The van der Waals surface area contributed by atoms with Gasteiger partial charge in [0.05, 0.1) is 18.8 Å². The summed E-state index contributed by atoms with van der Waals surface area (Å²) in [7, 11) is 0. The first kappa shape index (κ1) is 16.4. The number of esters is 1. The van der Waals surface area contributed by atoms with E-state index >= 15 is 0 Å². The molecule has 0 aromatic heterocycles. The first-order valence-electron chi connectivity index (χ1n) is 7.33. The van der Waals surface area contributed by atoms with Gasteiger partial charge < -0.3 is 19.9 Å². The number of hydrogen-bond donors (Lipinski definition) is 2. The van der Waals surface area contributed by atoms with Crippen LogP contribution in [-0.4, -0.2) is 49.6 Å². The topological polar surface area (TPSA) is 67.8 Å². The summed E-state index contributed by atoms with van der Waals surface area (Å²) in [5.41, 5.74) is -0.558. The molecule has 1 aliphatic carbocycles. The molecule has 0 bridgehead atoms. The van der Waals surface area contributed by atoms with Crippen molar-refractivity contribution in [2.45, 2.75) is 51.0 Å². The number of ether oxygens (including phenoxy) is 2. The van der Waals surface area contributed by atoms with E-state index in [0.29, 0.717) is 26.3 Å². The number of hydrogen-bond acceptors (Lipinski definition) is 5. The van der Waals surface area contributed by atoms with E-state index in [2.05, 4.69) is 5.32 Å². The fraction of sp³-hybridized carbons (Fsp3) is 0.929. The first-order valence-corrected chi connectivity index (χ1v) is 7.33. The molecule has 5 heteroatoms. The Morgan fingerprint density at radius 3 is 2.58 bits per heavy atom. The van der Waals surface area contributed by atoms with Gasteiger partial charge in [0.15, 0.2) is 0 Å². The van der Waals surface area contributed by atoms with E-state index in [-0.39, 0.29) is 12.6 Å². The van der Waals surface area contributed by atoms with Gasteiger partial charge in [0.2, 0.25) is 0 Å². The highest BCUT2D eigenvalue weighted by molar-refractivity contribution is 5.70. The van der Waals surface area contributed by atoms with Crippen molar-refractivity contribution in [3.8, 4) is 0 Å². The van der Waals surface area contributed by atoms with Gasteiger partial charge in [-0.1, -0.05) is 25.7 Å². The van der Waals surface area contributed by atoms with Crippen LogP contribution in [0.2, 0.25) is 0 Å². The van der Waals surface area contributed by atoms with Crippen molar-refractivity contribution < 1.29 is 19.4 Å². The van der Waals surface area contributed by atoms with Crippen LogP contribution < -0.4 is 5.32 Å². The van der Waals surface area contributed by atoms with Crippen molar-refractivity contribution in [1.29, 1.82) is 0 Å². The molecule has 0 aromatic carbocycles. The second-order valence-electron chi connectivity index (χ2n) is 5.17. The summed E-state index contributed by atoms with van der Waals surface area (Å²) in [6.07, 6.45) is 6.43. The predicted molar refractivity (Wildman–Crippen MR) is 73.0 cm³/mol. The average Bonchev–Trinajstić information content (AvgIpc) is 2.59. The third kappa shape index (κ3) is 7.50. The summed E-state index contributed by atoms with van der Waals surface area (Å²) in [4.78, 5) is 11.0. The van der Waals surface area contributed by atoms with Gasteiger partial charge in [-0.3, -0.25) is 0 Å². The maximum Gasteiger partial charge on any atom is 0.332 e. The van der Waals surface area contributed by atoms with Crippen molar-refractivity contribution in [3.05, 3.63) is 0 Å². The number of aliphatic hydroxyl groups is 1. The minimum atomic E-state index is -0.558. The molecule has 0 unspecified atom stereocenters. The van der Waals surface area contributed by atoms with Crippen molar-refractivity contribution in [2.75, 3.05) is 32.9 Å². The molecule has 0 heterocycles. The van der Waals surface area contributed by atoms with E-state index in [9.17, 15) is 9.90 Å². The highest BCUT2D eigenvalue weighted by Crippen LogP contribution is 2.26. The maximum atomic E-state index is 11.0. The summed E-state index contributed by atoms with van der Waals surface area (Å²) >= 11 is 0. The molecule has 1 fully saturated rings. The monoisotopic (exact) mass is 273 g/mol. The summed E-state index contributed by atoms with van der Waals surface area (Å²) in [6, 6.07) is 0. The molecule has 1 saturated carbocycles. The Kier molecular flexibility index (Phi) is 8.02. The Bertz CT molecular complexity index is 250. The maximum absolute atomic E-state index is 11.0. The second kappa shape index (κ2) is 9.28. The van der Waals surface area contributed by atoms with Gasteiger partial charge >= 0.3 is 5.97 Å². The molecular weight excluding hydrogens is 246 g/mol. The Labute approximate surface area is 115 Å². The highest BCUT2D eigenvalue weighted by Gasteiger charge is 2.27. The quantitative estimate of drug-likeness (QED) is 0.396. The molecule has 1 rings (SSSR count). The largest absolute Gasteiger partial charge is 0.464 e. The average molecular weight is 273 g/mol. The highest BCUT2D eigenvalue weighted by atomic mass is 16.6. The molecule has 0 saturated heterocycles. The predicted octanol–water partition coefficient (Wildman–Crippen LogP) is 1.24. The summed E-state index contributed by atoms with van der Waals surface area (Å²) in [5, 5.41) is 13.6. The second-order valence-corrected chi connectivity index (χ2v) is 5.17. The molecular formula is C14H27NO4. The van der Waals surface area contributed by atoms with E-state index in [1.165, 1.54) is 12.8 Å². The van der Waals surface area contributed by atoms with Crippen LogP contribution in [0.3, 0.4) is 0 Å². The zero-order valence-corrected chi connectivity index (χ0v) is 12.0. The SMILES string of the molecule is CCOC(=O)COCCNCC1(O)CCCCCC1. The number of carbonyl (C=O) groups is 1. The van der Waals surface area contributed by atoms with E-state index < -0.39 is 5.60 Å². The molecule has 5 nitrogen and oxygen atoms in total. The van der Waals surface area contributed by atoms with Gasteiger partial charge in [-0.25, -0.2) is 4.79 Å². The number of nitrogens with one attached hydrogen (secondary N) is 1. The van der Waals surface area contributed by atoms with Crippen LogP contribution in [0.25, 0.3) is 0 Å². The van der Waals surface area contributed by atoms with Gasteiger partial charge in [0.1, 0.15) is 6.61 Å². The molecule has 112 valence electrons. The smallest absolute Gasteiger partial charge is 0.332 e. The Balaban J connectivity index is 2.02. The van der Waals surface area contributed by atoms with Crippen LogP contribution in [0.5, 0.6) is 0 Å².